The lowest BCUT2D eigenvalue weighted by atomic mass is 9.82. The predicted molar refractivity (Wildman–Crippen MR) is 81.2 cm³/mol. The number of fused-ring (bicyclic) bond motifs is 2. The maximum absolute atomic E-state index is 12.4. The van der Waals surface area contributed by atoms with Crippen LogP contribution in [0.5, 0.6) is 0 Å². The Morgan fingerprint density at radius 3 is 2.63 bits per heavy atom. The van der Waals surface area contributed by atoms with E-state index in [2.05, 4.69) is 26.4 Å². The summed E-state index contributed by atoms with van der Waals surface area (Å²) in [6.07, 6.45) is -0.724. The minimum absolute atomic E-state index is 0.00937. The Labute approximate surface area is 125 Å². The van der Waals surface area contributed by atoms with Crippen LogP contribution in [-0.2, 0) is 6.54 Å². The summed E-state index contributed by atoms with van der Waals surface area (Å²) >= 11 is 2.08. The van der Waals surface area contributed by atoms with E-state index in [1.165, 1.54) is 0 Å². The molecule has 3 rings (SSSR count). The molecule has 1 aliphatic carbocycles. The highest BCUT2D eigenvalue weighted by atomic mass is 127. The Hall–Kier alpha value is -1.24. The van der Waals surface area contributed by atoms with Gasteiger partial charge in [-0.15, -0.1) is 0 Å². The number of carbonyl (C=O) groups excluding carboxylic acids is 1. The van der Waals surface area contributed by atoms with Gasteiger partial charge in [-0.25, -0.2) is 0 Å². The highest BCUT2D eigenvalue weighted by Crippen LogP contribution is 2.35. The third-order valence-electron chi connectivity index (χ3n) is 3.43. The highest BCUT2D eigenvalue weighted by Gasteiger charge is 2.29. The summed E-state index contributed by atoms with van der Waals surface area (Å²) in [5, 5.41) is 10.4. The topological polar surface area (TPSA) is 49.3 Å². The molecule has 2 aromatic rings. The molecule has 19 heavy (non-hydrogen) atoms. The van der Waals surface area contributed by atoms with Crippen molar-refractivity contribution in [2.45, 2.75) is 12.6 Å². The van der Waals surface area contributed by atoms with Crippen LogP contribution in [0.4, 0.5) is 0 Å². The van der Waals surface area contributed by atoms with E-state index >= 15 is 0 Å². The minimum atomic E-state index is -0.724. The van der Waals surface area contributed by atoms with Gasteiger partial charge in [-0.1, -0.05) is 42.5 Å². The van der Waals surface area contributed by atoms with Crippen LogP contribution in [0.3, 0.4) is 0 Å². The standard InChI is InChI=1S/C15H12INO2/c16-17-8-9-5-6-12-13(7-9)15(19)11-4-2-1-3-10(11)14(12)18/h1-7,15,17,19H,8H2. The van der Waals surface area contributed by atoms with Gasteiger partial charge in [-0.3, -0.25) is 8.32 Å². The molecule has 2 N–H and O–H groups in total. The Kier molecular flexibility index (Phi) is 3.38. The van der Waals surface area contributed by atoms with Gasteiger partial charge in [-0.05, 0) is 16.7 Å². The molecule has 1 unspecified atom stereocenters. The van der Waals surface area contributed by atoms with E-state index in [0.29, 0.717) is 28.8 Å². The summed E-state index contributed by atoms with van der Waals surface area (Å²) in [7, 11) is 0. The van der Waals surface area contributed by atoms with Crippen LogP contribution in [0, 0.1) is 0 Å². The molecule has 1 atom stereocenters. The fraction of sp³-hybridized carbons (Fsp3) is 0.133. The van der Waals surface area contributed by atoms with Gasteiger partial charge < -0.3 is 5.11 Å². The molecule has 3 nitrogen and oxygen atoms in total. The SMILES string of the molecule is O=C1c2ccccc2C(O)c2cc(CNI)ccc21. The molecule has 1 aliphatic rings. The van der Waals surface area contributed by atoms with Gasteiger partial charge in [0.15, 0.2) is 5.78 Å². The first-order valence-electron chi connectivity index (χ1n) is 6.00. The molecule has 96 valence electrons. The van der Waals surface area contributed by atoms with Gasteiger partial charge in [0.05, 0.1) is 0 Å². The lowest BCUT2D eigenvalue weighted by Crippen LogP contribution is -2.19. The second-order valence-corrected chi connectivity index (χ2v) is 5.31. The summed E-state index contributed by atoms with van der Waals surface area (Å²) in [5.41, 5.74) is 3.65. The number of halogens is 1. The quantitative estimate of drug-likeness (QED) is 0.636. The Morgan fingerprint density at radius 1 is 1.11 bits per heavy atom. The van der Waals surface area contributed by atoms with Crippen LogP contribution in [0.1, 0.15) is 38.7 Å². The number of hydrogen-bond acceptors (Lipinski definition) is 3. The Balaban J connectivity index is 2.15. The molecule has 0 aliphatic heterocycles. The molecular formula is C15H12INO2. The molecule has 0 bridgehead atoms. The number of rotatable bonds is 2. The lowest BCUT2D eigenvalue weighted by molar-refractivity contribution is 0.101. The largest absolute Gasteiger partial charge is 0.384 e. The second-order valence-electron chi connectivity index (χ2n) is 4.55. The molecule has 0 fully saturated rings. The number of benzene rings is 2. The summed E-state index contributed by atoms with van der Waals surface area (Å²) in [6, 6.07) is 12.9. The fourth-order valence-electron chi connectivity index (χ4n) is 2.49. The molecule has 2 aromatic carbocycles. The molecule has 0 spiro atoms. The minimum Gasteiger partial charge on any atom is -0.384 e. The summed E-state index contributed by atoms with van der Waals surface area (Å²) < 4.78 is 3.04. The van der Waals surface area contributed by atoms with E-state index in [-0.39, 0.29) is 5.78 Å². The van der Waals surface area contributed by atoms with Gasteiger partial charge >= 0.3 is 0 Å². The Morgan fingerprint density at radius 2 is 1.84 bits per heavy atom. The van der Waals surface area contributed by atoms with E-state index in [1.807, 2.05) is 30.3 Å². The Bertz CT molecular complexity index is 654. The maximum Gasteiger partial charge on any atom is 0.193 e. The third-order valence-corrected chi connectivity index (χ3v) is 3.81. The summed E-state index contributed by atoms with van der Waals surface area (Å²) in [6.45, 7) is 0.705. The molecule has 0 saturated heterocycles. The molecule has 0 saturated carbocycles. The van der Waals surface area contributed by atoms with Crippen molar-refractivity contribution < 1.29 is 9.90 Å². The number of aliphatic hydroxyl groups is 1. The van der Waals surface area contributed by atoms with Crippen LogP contribution in [-0.4, -0.2) is 10.9 Å². The first kappa shape index (κ1) is 12.8. The zero-order valence-electron chi connectivity index (χ0n) is 10.1. The van der Waals surface area contributed by atoms with E-state index in [4.69, 9.17) is 0 Å². The van der Waals surface area contributed by atoms with Crippen LogP contribution in [0.25, 0.3) is 0 Å². The van der Waals surface area contributed by atoms with E-state index in [9.17, 15) is 9.90 Å². The van der Waals surface area contributed by atoms with Gasteiger partial charge in [0.25, 0.3) is 0 Å². The molecule has 0 radical (unpaired) electrons. The van der Waals surface area contributed by atoms with Crippen LogP contribution in [0.2, 0.25) is 0 Å². The number of carbonyl (C=O) groups is 1. The van der Waals surface area contributed by atoms with E-state index in [1.54, 1.807) is 12.1 Å². The molecular weight excluding hydrogens is 353 g/mol. The van der Waals surface area contributed by atoms with Crippen molar-refractivity contribution in [1.82, 2.24) is 3.53 Å². The third kappa shape index (κ3) is 2.09. The first-order chi connectivity index (χ1) is 9.22. The smallest absolute Gasteiger partial charge is 0.193 e. The van der Waals surface area contributed by atoms with Crippen molar-refractivity contribution in [2.75, 3.05) is 0 Å². The van der Waals surface area contributed by atoms with Crippen LogP contribution in [0.15, 0.2) is 42.5 Å². The number of nitrogens with one attached hydrogen (secondary N) is 1. The predicted octanol–water partition coefficient (Wildman–Crippen LogP) is 2.75. The van der Waals surface area contributed by atoms with Gasteiger partial charge in [0.1, 0.15) is 6.10 Å². The molecule has 0 heterocycles. The number of hydrogen-bond donors (Lipinski definition) is 2. The average molecular weight is 365 g/mol. The van der Waals surface area contributed by atoms with Crippen LogP contribution >= 0.6 is 22.9 Å². The van der Waals surface area contributed by atoms with Crippen molar-refractivity contribution in [2.24, 2.45) is 0 Å². The van der Waals surface area contributed by atoms with Gasteiger partial charge in [0.2, 0.25) is 0 Å². The zero-order valence-corrected chi connectivity index (χ0v) is 12.2. The van der Waals surface area contributed by atoms with Crippen LogP contribution < -0.4 is 3.53 Å². The number of aliphatic hydroxyl groups excluding tert-OH is 1. The van der Waals surface area contributed by atoms with Crippen molar-refractivity contribution >= 4 is 28.6 Å². The van der Waals surface area contributed by atoms with Crippen molar-refractivity contribution in [1.29, 1.82) is 0 Å². The van der Waals surface area contributed by atoms with Crippen molar-refractivity contribution in [3.63, 3.8) is 0 Å². The molecule has 4 heteroatoms. The van der Waals surface area contributed by atoms with Gasteiger partial charge in [-0.2, -0.15) is 0 Å². The van der Waals surface area contributed by atoms with Gasteiger partial charge in [0, 0.05) is 40.5 Å². The average Bonchev–Trinajstić information content (AvgIpc) is 2.45. The first-order valence-corrected chi connectivity index (χ1v) is 7.08. The number of ketones is 1. The van der Waals surface area contributed by atoms with Crippen molar-refractivity contribution in [3.8, 4) is 0 Å². The second kappa shape index (κ2) is 5.03. The molecule has 0 aromatic heterocycles. The van der Waals surface area contributed by atoms with E-state index < -0.39 is 6.10 Å². The fourth-order valence-corrected chi connectivity index (χ4v) is 2.93. The highest BCUT2D eigenvalue weighted by molar-refractivity contribution is 14.1. The van der Waals surface area contributed by atoms with Crippen molar-refractivity contribution in [3.05, 3.63) is 70.3 Å². The summed E-state index contributed by atoms with van der Waals surface area (Å²) in [5.74, 6) is -0.00937. The monoisotopic (exact) mass is 365 g/mol. The molecule has 0 amide bonds. The zero-order chi connectivity index (χ0) is 13.4. The van der Waals surface area contributed by atoms with E-state index in [0.717, 1.165) is 5.56 Å². The maximum atomic E-state index is 12.4. The summed E-state index contributed by atoms with van der Waals surface area (Å²) in [4.78, 5) is 12.4. The lowest BCUT2D eigenvalue weighted by Gasteiger charge is -2.24. The normalized spacial score (nSPS) is 16.9.